The van der Waals surface area contributed by atoms with Gasteiger partial charge in [-0.1, -0.05) is 36.8 Å². The molecule has 2 amide bonds. The molecule has 1 aromatic rings. The van der Waals surface area contributed by atoms with Gasteiger partial charge in [0.1, 0.15) is 0 Å². The molecular formula is C22H30N2O3. The first-order chi connectivity index (χ1) is 12.7. The van der Waals surface area contributed by atoms with E-state index >= 15 is 0 Å². The molecule has 1 heterocycles. The predicted molar refractivity (Wildman–Crippen MR) is 103 cm³/mol. The second kappa shape index (κ2) is 5.98. The lowest BCUT2D eigenvalue weighted by atomic mass is 9.68. The highest BCUT2D eigenvalue weighted by Crippen LogP contribution is 2.68. The molecule has 5 nitrogen and oxygen atoms in total. The van der Waals surface area contributed by atoms with Crippen molar-refractivity contribution in [2.24, 2.45) is 11.3 Å². The Morgan fingerprint density at radius 1 is 1.26 bits per heavy atom. The van der Waals surface area contributed by atoms with E-state index in [1.54, 1.807) is 0 Å². The van der Waals surface area contributed by atoms with E-state index in [0.29, 0.717) is 12.8 Å². The van der Waals surface area contributed by atoms with Crippen LogP contribution in [-0.4, -0.2) is 42.6 Å². The maximum absolute atomic E-state index is 13.0. The van der Waals surface area contributed by atoms with Gasteiger partial charge in [-0.25, -0.2) is 4.79 Å². The first-order valence-electron chi connectivity index (χ1n) is 9.92. The van der Waals surface area contributed by atoms with Gasteiger partial charge in [-0.3, -0.25) is 4.79 Å². The number of methoxy groups -OCH3 is 1. The molecule has 2 saturated carbocycles. The number of carbonyl (C=O) groups excluding carboxylic acids is 2. The van der Waals surface area contributed by atoms with Crippen molar-refractivity contribution in [2.45, 2.75) is 57.4 Å². The second-order valence-electron chi connectivity index (χ2n) is 9.48. The van der Waals surface area contributed by atoms with Gasteiger partial charge in [0.25, 0.3) is 0 Å². The van der Waals surface area contributed by atoms with Gasteiger partial charge >= 0.3 is 6.09 Å². The van der Waals surface area contributed by atoms with Crippen LogP contribution in [0.1, 0.15) is 50.7 Å². The number of carbonyl (C=O) groups is 2. The molecule has 1 N–H and O–H groups in total. The second-order valence-corrected chi connectivity index (χ2v) is 9.48. The zero-order valence-electron chi connectivity index (χ0n) is 16.8. The van der Waals surface area contributed by atoms with Gasteiger partial charge in [0.15, 0.2) is 0 Å². The molecule has 0 unspecified atom stereocenters. The summed E-state index contributed by atoms with van der Waals surface area (Å²) in [6, 6.07) is 8.87. The third-order valence-corrected chi connectivity index (χ3v) is 7.29. The number of nitrogens with zero attached hydrogens (tertiary/aromatic N) is 1. The van der Waals surface area contributed by atoms with E-state index in [-0.39, 0.29) is 28.2 Å². The van der Waals surface area contributed by atoms with E-state index in [1.807, 2.05) is 6.92 Å². The van der Waals surface area contributed by atoms with Crippen LogP contribution in [0.5, 0.6) is 0 Å². The highest BCUT2D eigenvalue weighted by atomic mass is 16.5. The van der Waals surface area contributed by atoms with Crippen molar-refractivity contribution < 1.29 is 14.3 Å². The Labute approximate surface area is 161 Å². The van der Waals surface area contributed by atoms with Crippen molar-refractivity contribution in [3.8, 4) is 0 Å². The van der Waals surface area contributed by atoms with Gasteiger partial charge in [0.2, 0.25) is 5.91 Å². The Morgan fingerprint density at radius 2 is 2.00 bits per heavy atom. The average Bonchev–Trinajstić information content (AvgIpc) is 3.25. The standard InChI is InChI=1S/C22H30N2O3/c1-15-6-5-7-17(10-15)22-8-9-24(14-20(22,2)13-22)18(25)16-11-21(3,12-16)23-19(26)27-4/h5-7,10,16H,8-9,11-14H2,1-4H3,(H,23,26)/t16-,20-,21+,22-/m1/s1. The van der Waals surface area contributed by atoms with E-state index in [1.165, 1.54) is 24.7 Å². The van der Waals surface area contributed by atoms with Crippen molar-refractivity contribution in [1.82, 2.24) is 10.2 Å². The molecule has 0 radical (unpaired) electrons. The van der Waals surface area contributed by atoms with E-state index in [4.69, 9.17) is 0 Å². The van der Waals surface area contributed by atoms with Crippen molar-refractivity contribution in [2.75, 3.05) is 20.2 Å². The van der Waals surface area contributed by atoms with Crippen molar-refractivity contribution in [1.29, 1.82) is 0 Å². The Morgan fingerprint density at radius 3 is 2.63 bits per heavy atom. The van der Waals surface area contributed by atoms with E-state index in [0.717, 1.165) is 19.5 Å². The summed E-state index contributed by atoms with van der Waals surface area (Å²) in [5, 5.41) is 2.86. The van der Waals surface area contributed by atoms with E-state index in [9.17, 15) is 9.59 Å². The first kappa shape index (κ1) is 18.3. The van der Waals surface area contributed by atoms with Gasteiger partial charge in [0.05, 0.1) is 7.11 Å². The molecular weight excluding hydrogens is 340 g/mol. The third kappa shape index (κ3) is 2.91. The van der Waals surface area contributed by atoms with Gasteiger partial charge in [-0.2, -0.15) is 0 Å². The number of piperidine rings is 1. The minimum Gasteiger partial charge on any atom is -0.453 e. The van der Waals surface area contributed by atoms with Crippen LogP contribution in [0, 0.1) is 18.3 Å². The van der Waals surface area contributed by atoms with Gasteiger partial charge in [-0.05, 0) is 50.5 Å². The summed E-state index contributed by atoms with van der Waals surface area (Å²) in [5.41, 5.74) is 2.86. The Bertz CT molecular complexity index is 786. The lowest BCUT2D eigenvalue weighted by Crippen LogP contribution is -2.59. The third-order valence-electron chi connectivity index (χ3n) is 7.29. The highest BCUT2D eigenvalue weighted by molar-refractivity contribution is 5.81. The van der Waals surface area contributed by atoms with Crippen LogP contribution in [0.4, 0.5) is 4.79 Å². The number of alkyl carbamates (subject to hydrolysis) is 1. The fourth-order valence-corrected chi connectivity index (χ4v) is 5.63. The number of likely N-dealkylation sites (tertiary alicyclic amines) is 1. The Hall–Kier alpha value is -2.04. The molecule has 27 heavy (non-hydrogen) atoms. The van der Waals surface area contributed by atoms with E-state index in [2.05, 4.69) is 53.1 Å². The highest BCUT2D eigenvalue weighted by Gasteiger charge is 2.67. The van der Waals surface area contributed by atoms with Crippen LogP contribution < -0.4 is 5.32 Å². The predicted octanol–water partition coefficient (Wildman–Crippen LogP) is 3.40. The van der Waals surface area contributed by atoms with Gasteiger partial charge in [-0.15, -0.1) is 0 Å². The largest absolute Gasteiger partial charge is 0.453 e. The molecule has 1 saturated heterocycles. The van der Waals surface area contributed by atoms with Crippen LogP contribution >= 0.6 is 0 Å². The monoisotopic (exact) mass is 370 g/mol. The molecule has 146 valence electrons. The van der Waals surface area contributed by atoms with Gasteiger partial charge < -0.3 is 15.0 Å². The van der Waals surface area contributed by atoms with Crippen LogP contribution in [0.15, 0.2) is 24.3 Å². The van der Waals surface area contributed by atoms with Crippen LogP contribution in [-0.2, 0) is 14.9 Å². The number of benzene rings is 1. The molecule has 4 rings (SSSR count). The number of fused-ring (bicyclic) bond motifs is 1. The average molecular weight is 370 g/mol. The van der Waals surface area contributed by atoms with Crippen LogP contribution in [0.25, 0.3) is 0 Å². The molecule has 0 spiro atoms. The molecule has 0 aromatic heterocycles. The minimum atomic E-state index is -0.421. The topological polar surface area (TPSA) is 58.6 Å². The number of amides is 2. The quantitative estimate of drug-likeness (QED) is 0.887. The van der Waals surface area contributed by atoms with E-state index < -0.39 is 6.09 Å². The molecule has 0 bridgehead atoms. The SMILES string of the molecule is COC(=O)N[C@]1(C)C[C@H](C(=O)N2CC[C@]3(c4cccc(C)c4)C[C@]3(C)C2)C1. The molecule has 2 aliphatic carbocycles. The number of aryl methyl sites for hydroxylation is 1. The number of rotatable bonds is 3. The number of nitrogens with one attached hydrogen (secondary N) is 1. The summed E-state index contributed by atoms with van der Waals surface area (Å²) in [4.78, 5) is 26.5. The summed E-state index contributed by atoms with van der Waals surface area (Å²) < 4.78 is 4.68. The fraction of sp³-hybridized carbons (Fsp3) is 0.636. The van der Waals surface area contributed by atoms with Crippen molar-refractivity contribution in [3.05, 3.63) is 35.4 Å². The maximum Gasteiger partial charge on any atom is 0.407 e. The number of ether oxygens (including phenoxy) is 1. The van der Waals surface area contributed by atoms with Crippen molar-refractivity contribution >= 4 is 12.0 Å². The Kier molecular flexibility index (Phi) is 4.06. The summed E-state index contributed by atoms with van der Waals surface area (Å²) in [5.74, 6) is 0.270. The molecule has 2 atom stereocenters. The summed E-state index contributed by atoms with van der Waals surface area (Å²) in [6.07, 6.45) is 3.17. The number of hydrogen-bond acceptors (Lipinski definition) is 3. The Balaban J connectivity index is 1.39. The zero-order valence-corrected chi connectivity index (χ0v) is 16.8. The first-order valence-corrected chi connectivity index (χ1v) is 9.92. The van der Waals surface area contributed by atoms with Gasteiger partial charge in [0, 0.05) is 30.0 Å². The van der Waals surface area contributed by atoms with Crippen molar-refractivity contribution in [3.63, 3.8) is 0 Å². The number of hydrogen-bond donors (Lipinski definition) is 1. The van der Waals surface area contributed by atoms with Crippen LogP contribution in [0.2, 0.25) is 0 Å². The lowest BCUT2D eigenvalue weighted by molar-refractivity contribution is -0.143. The summed E-state index contributed by atoms with van der Waals surface area (Å²) in [7, 11) is 1.37. The molecule has 3 aliphatic rings. The molecule has 1 aliphatic heterocycles. The fourth-order valence-electron chi connectivity index (χ4n) is 5.63. The minimum absolute atomic E-state index is 0.0148. The maximum atomic E-state index is 13.0. The zero-order chi connectivity index (χ0) is 19.4. The molecule has 1 aromatic carbocycles. The normalized spacial score (nSPS) is 37.0. The summed E-state index contributed by atoms with van der Waals surface area (Å²) >= 11 is 0. The molecule has 3 fully saturated rings. The van der Waals surface area contributed by atoms with Crippen LogP contribution in [0.3, 0.4) is 0 Å². The lowest BCUT2D eigenvalue weighted by Gasteiger charge is -2.47. The summed E-state index contributed by atoms with van der Waals surface area (Å²) in [6.45, 7) is 8.14. The molecule has 5 heteroatoms. The smallest absolute Gasteiger partial charge is 0.407 e.